The highest BCUT2D eigenvalue weighted by molar-refractivity contribution is 7.52. The molecule has 21 heteroatoms. The van der Waals surface area contributed by atoms with E-state index in [9.17, 15) is 56.7 Å². The Kier molecular flexibility index (Phi) is 15.0. The van der Waals surface area contributed by atoms with Crippen LogP contribution in [0.5, 0.6) is 0 Å². The first-order valence-electron chi connectivity index (χ1n) is 23.2. The summed E-state index contributed by atoms with van der Waals surface area (Å²) in [5.41, 5.74) is 4.43. The number of thiophene rings is 1. The van der Waals surface area contributed by atoms with E-state index in [0.29, 0.717) is 41.9 Å². The fourth-order valence-electron chi connectivity index (χ4n) is 9.51. The van der Waals surface area contributed by atoms with Gasteiger partial charge in [-0.3, -0.25) is 48.3 Å². The monoisotopic (exact) mass is 999 g/mol. The number of primary amides is 1. The van der Waals surface area contributed by atoms with Gasteiger partial charge in [0.1, 0.15) is 18.1 Å². The molecule has 5 heterocycles. The van der Waals surface area contributed by atoms with Gasteiger partial charge in [0.15, 0.2) is 0 Å². The summed E-state index contributed by atoms with van der Waals surface area (Å²) in [5.74, 6) is 3.25. The van der Waals surface area contributed by atoms with Crippen LogP contribution in [0.1, 0.15) is 112 Å². The number of alkyl halides is 2. The molecule has 1 fully saturated rings. The Morgan fingerprint density at radius 3 is 2.51 bits per heavy atom. The molecule has 0 radical (unpaired) electrons. The van der Waals surface area contributed by atoms with Gasteiger partial charge in [0, 0.05) is 66.2 Å². The van der Waals surface area contributed by atoms with E-state index in [2.05, 4.69) is 33.1 Å². The SMILES string of the molecule is NC(=O)CC[C@@H](CNCCCCCCC#Cc1cccc2c1CN(C1CCC(=O)NC1=O)C2=O)NC(=O)[C@@H]1Cc2cccc3c2N1C(=O)[C@@H](NC(=O)c1cc2cc(C(F)(F)P(=O)(O)O)ccc2s1)CC3. The molecule has 1 unspecified atom stereocenters. The van der Waals surface area contributed by atoms with E-state index >= 15 is 0 Å². The quantitative estimate of drug-likeness (QED) is 0.0321. The number of amides is 7. The van der Waals surface area contributed by atoms with Crippen LogP contribution in [0.3, 0.4) is 0 Å². The van der Waals surface area contributed by atoms with Gasteiger partial charge in [0.25, 0.3) is 11.8 Å². The van der Waals surface area contributed by atoms with Crippen molar-refractivity contribution < 1.29 is 56.7 Å². The molecule has 0 saturated carbocycles. The third-order valence-corrected chi connectivity index (χ3v) is 15.3. The van der Waals surface area contributed by atoms with Crippen LogP contribution >= 0.6 is 18.9 Å². The number of rotatable bonds is 18. The number of nitrogens with one attached hydrogen (secondary N) is 4. The highest BCUT2D eigenvalue weighted by atomic mass is 32.1. The van der Waals surface area contributed by atoms with Crippen molar-refractivity contribution in [2.45, 2.75) is 113 Å². The number of nitrogens with zero attached hydrogens (tertiary/aromatic N) is 2. The average Bonchev–Trinajstić information content (AvgIpc) is 4.01. The standard InChI is InChI=1S/C49H52F2N7O10PS/c50-49(51,69(66,67)68)32-15-19-39-31(23-32)25-40(70-39)46(63)55-36-17-14-29-11-7-12-30-24-38(58(43(29)30)48(36)65)45(62)54-33(16-20-41(52)59)26-53-22-6-4-2-1-3-5-9-28-10-8-13-34-35(28)27-57(47(34)64)37-18-21-42(60)56-44(37)61/h7-8,10-13,15,19,23,25,33,36-38,53H,1-4,6,14,16-18,20-22,24,26-27H2,(H2,52,59)(H,54,62)(H,55,63)(H,56,60,61)(H2,66,67,68)/t33-,36-,37?,38-/m0/s1. The predicted molar refractivity (Wildman–Crippen MR) is 254 cm³/mol. The first-order chi connectivity index (χ1) is 33.4. The van der Waals surface area contributed by atoms with Gasteiger partial charge in [-0.25, -0.2) is 0 Å². The maximum absolute atomic E-state index is 14.5. The molecule has 4 aromatic rings. The first kappa shape index (κ1) is 50.0. The zero-order chi connectivity index (χ0) is 49.9. The number of unbranched alkanes of at least 4 members (excludes halogenated alkanes) is 4. The van der Waals surface area contributed by atoms with Crippen LogP contribution in [-0.2, 0) is 53.6 Å². The molecular formula is C49H52F2N7O10PS. The van der Waals surface area contributed by atoms with Crippen molar-refractivity contribution >= 4 is 76.1 Å². The van der Waals surface area contributed by atoms with E-state index in [-0.39, 0.29) is 67.1 Å². The molecule has 0 spiro atoms. The number of carbonyl (C=O) groups excluding carboxylic acids is 7. The lowest BCUT2D eigenvalue weighted by atomic mass is 10.0. The Balaban J connectivity index is 0.828. The van der Waals surface area contributed by atoms with Crippen molar-refractivity contribution in [1.29, 1.82) is 0 Å². The number of para-hydroxylation sites is 1. The number of aryl methyl sites for hydroxylation is 1. The Hall–Kier alpha value is -6.36. The summed E-state index contributed by atoms with van der Waals surface area (Å²) in [5, 5.41) is 11.7. The summed E-state index contributed by atoms with van der Waals surface area (Å²) in [6.45, 7) is 1.22. The summed E-state index contributed by atoms with van der Waals surface area (Å²) in [7, 11) is -5.82. The van der Waals surface area contributed by atoms with Gasteiger partial charge in [-0.15, -0.1) is 11.3 Å². The van der Waals surface area contributed by atoms with Gasteiger partial charge in [-0.1, -0.05) is 55.0 Å². The average molecular weight is 1000 g/mol. The minimum Gasteiger partial charge on any atom is -0.370 e. The molecule has 17 nitrogen and oxygen atoms in total. The Morgan fingerprint density at radius 1 is 0.971 bits per heavy atom. The molecule has 0 bridgehead atoms. The second-order valence-corrected chi connectivity index (χ2v) is 20.7. The number of hydrogen-bond acceptors (Lipinski definition) is 10. The molecule has 4 aliphatic rings. The van der Waals surface area contributed by atoms with Crippen LogP contribution in [0, 0.1) is 11.8 Å². The van der Waals surface area contributed by atoms with Crippen LogP contribution in [0.25, 0.3) is 10.1 Å². The smallest absolute Gasteiger partial charge is 0.370 e. The third-order valence-electron chi connectivity index (χ3n) is 13.2. The van der Waals surface area contributed by atoms with E-state index in [4.69, 9.17) is 5.73 Å². The minimum absolute atomic E-state index is 0.0186. The van der Waals surface area contributed by atoms with Gasteiger partial charge in [-0.2, -0.15) is 8.78 Å². The number of anilines is 1. The van der Waals surface area contributed by atoms with E-state index in [1.165, 1.54) is 21.9 Å². The van der Waals surface area contributed by atoms with Crippen LogP contribution in [0.2, 0.25) is 0 Å². The first-order valence-corrected chi connectivity index (χ1v) is 25.6. The molecule has 1 saturated heterocycles. The minimum atomic E-state index is -5.82. The van der Waals surface area contributed by atoms with Gasteiger partial charge in [0.2, 0.25) is 29.5 Å². The molecule has 0 aliphatic carbocycles. The highest BCUT2D eigenvalue weighted by Crippen LogP contribution is 2.59. The number of carbonyl (C=O) groups is 7. The fraction of sp³-hybridized carbons (Fsp3) is 0.408. The number of nitrogens with two attached hydrogens (primary N) is 1. The maximum atomic E-state index is 14.5. The number of hydrogen-bond donors (Lipinski definition) is 7. The number of benzene rings is 3. The number of imide groups is 1. The summed E-state index contributed by atoms with van der Waals surface area (Å²) < 4.78 is 40.8. The van der Waals surface area contributed by atoms with Crippen LogP contribution < -0.4 is 31.9 Å². The topological polar surface area (TPSA) is 258 Å². The normalized spacial score (nSPS) is 19.2. The van der Waals surface area contributed by atoms with E-state index in [0.717, 1.165) is 71.4 Å². The molecular weight excluding hydrogens is 948 g/mol. The maximum Gasteiger partial charge on any atom is 0.399 e. The zero-order valence-corrected chi connectivity index (χ0v) is 39.6. The van der Waals surface area contributed by atoms with Crippen LogP contribution in [0.4, 0.5) is 14.5 Å². The predicted octanol–water partition coefficient (Wildman–Crippen LogP) is 4.23. The van der Waals surface area contributed by atoms with Crippen LogP contribution in [0.15, 0.2) is 60.7 Å². The third kappa shape index (κ3) is 10.7. The molecule has 368 valence electrons. The molecule has 4 atom stereocenters. The molecule has 4 aliphatic heterocycles. The van der Waals surface area contributed by atoms with Crippen molar-refractivity contribution in [2.75, 3.05) is 18.0 Å². The van der Waals surface area contributed by atoms with Crippen molar-refractivity contribution in [3.8, 4) is 11.8 Å². The molecule has 8 N–H and O–H groups in total. The molecule has 7 amide bonds. The number of halogens is 2. The van der Waals surface area contributed by atoms with Gasteiger partial charge in [0.05, 0.1) is 10.6 Å². The molecule has 8 rings (SSSR count). The van der Waals surface area contributed by atoms with Gasteiger partial charge in [-0.05, 0) is 97.5 Å². The Labute approximate surface area is 405 Å². The Bertz CT molecular complexity index is 2890. The lowest BCUT2D eigenvalue weighted by Gasteiger charge is -2.29. The zero-order valence-electron chi connectivity index (χ0n) is 37.9. The van der Waals surface area contributed by atoms with Gasteiger partial charge < -0.3 is 36.4 Å². The molecule has 70 heavy (non-hydrogen) atoms. The van der Waals surface area contributed by atoms with Crippen molar-refractivity contribution in [1.82, 2.24) is 26.2 Å². The van der Waals surface area contributed by atoms with E-state index < -0.39 is 72.5 Å². The summed E-state index contributed by atoms with van der Waals surface area (Å²) in [6.07, 6.45) is 5.73. The number of piperidine rings is 1. The highest BCUT2D eigenvalue weighted by Gasteiger charge is 2.50. The second-order valence-electron chi connectivity index (χ2n) is 18.0. The lowest BCUT2D eigenvalue weighted by Crippen LogP contribution is -2.56. The molecule has 1 aromatic heterocycles. The van der Waals surface area contributed by atoms with Crippen LogP contribution in [-0.4, -0.2) is 93.3 Å². The lowest BCUT2D eigenvalue weighted by molar-refractivity contribution is -0.137. The fourth-order valence-corrected chi connectivity index (χ4v) is 10.9. The van der Waals surface area contributed by atoms with E-state index in [1.54, 1.807) is 12.1 Å². The van der Waals surface area contributed by atoms with Crippen molar-refractivity contribution in [2.24, 2.45) is 5.73 Å². The second kappa shape index (κ2) is 20.9. The van der Waals surface area contributed by atoms with Crippen molar-refractivity contribution in [3.05, 3.63) is 98.9 Å². The summed E-state index contributed by atoms with van der Waals surface area (Å²) in [4.78, 5) is 113. The number of fused-ring (bicyclic) bond motifs is 2. The largest absolute Gasteiger partial charge is 0.399 e. The molecule has 3 aromatic carbocycles. The summed E-state index contributed by atoms with van der Waals surface area (Å²) in [6, 6.07) is 12.1. The van der Waals surface area contributed by atoms with Crippen molar-refractivity contribution in [3.63, 3.8) is 0 Å². The summed E-state index contributed by atoms with van der Waals surface area (Å²) >= 11 is 0.963. The van der Waals surface area contributed by atoms with E-state index in [1.807, 2.05) is 24.3 Å². The van der Waals surface area contributed by atoms with Gasteiger partial charge >= 0.3 is 13.3 Å². The Morgan fingerprint density at radius 2 is 1.74 bits per heavy atom.